The Balaban J connectivity index is 2.03. The predicted octanol–water partition coefficient (Wildman–Crippen LogP) is 3.93. The molecule has 1 aromatic heterocycles. The Morgan fingerprint density at radius 1 is 1.07 bits per heavy atom. The van der Waals surface area contributed by atoms with Crippen molar-refractivity contribution in [2.24, 2.45) is 4.99 Å². The van der Waals surface area contributed by atoms with Crippen LogP contribution in [0.5, 0.6) is 5.88 Å². The van der Waals surface area contributed by atoms with Crippen LogP contribution in [-0.4, -0.2) is 55.7 Å². The third-order valence-electron chi connectivity index (χ3n) is 5.66. The number of methoxy groups -OCH3 is 2. The lowest BCUT2D eigenvalue weighted by molar-refractivity contribution is 0.246. The molecule has 0 unspecified atom stereocenters. The Kier molecular flexibility index (Phi) is 6.24. The van der Waals surface area contributed by atoms with Gasteiger partial charge in [0.2, 0.25) is 11.8 Å². The van der Waals surface area contributed by atoms with Crippen molar-refractivity contribution < 1.29 is 9.47 Å². The van der Waals surface area contributed by atoms with E-state index >= 15 is 0 Å². The molecule has 6 heteroatoms. The van der Waals surface area contributed by atoms with E-state index < -0.39 is 0 Å². The maximum atomic E-state index is 5.66. The van der Waals surface area contributed by atoms with Gasteiger partial charge in [-0.2, -0.15) is 4.98 Å². The highest BCUT2D eigenvalue weighted by molar-refractivity contribution is 5.89. The Bertz CT molecular complexity index is 719. The van der Waals surface area contributed by atoms with Gasteiger partial charge in [-0.25, -0.2) is 4.99 Å². The third-order valence-corrected chi connectivity index (χ3v) is 5.66. The van der Waals surface area contributed by atoms with E-state index in [4.69, 9.17) is 19.5 Å². The van der Waals surface area contributed by atoms with E-state index in [-0.39, 0.29) is 0 Å². The molecular formula is C21H32N4O2. The smallest absolute Gasteiger partial charge is 0.224 e. The molecule has 1 saturated heterocycles. The minimum Gasteiger partial charge on any atom is -0.483 e. The van der Waals surface area contributed by atoms with Gasteiger partial charge in [0.15, 0.2) is 0 Å². The molecule has 1 fully saturated rings. The molecule has 0 aromatic carbocycles. The molecule has 0 bridgehead atoms. The van der Waals surface area contributed by atoms with E-state index in [1.165, 1.54) is 12.8 Å². The largest absolute Gasteiger partial charge is 0.483 e. The fraction of sp³-hybridized carbons (Fsp3) is 0.619. The van der Waals surface area contributed by atoms with Crippen molar-refractivity contribution in [2.75, 3.05) is 38.8 Å². The molecule has 6 nitrogen and oxygen atoms in total. The van der Waals surface area contributed by atoms with E-state index in [0.717, 1.165) is 54.6 Å². The summed E-state index contributed by atoms with van der Waals surface area (Å²) >= 11 is 0. The first-order chi connectivity index (χ1) is 13.1. The first-order valence-electron chi connectivity index (χ1n) is 10.0. The van der Waals surface area contributed by atoms with Crippen molar-refractivity contribution in [3.05, 3.63) is 23.4 Å². The fourth-order valence-corrected chi connectivity index (χ4v) is 4.03. The SMILES string of the molecule is CCC(CC)N1CC(OC)=NC(c2ccc(N3CCCC3)nc2OC)=C1C. The molecule has 0 saturated carbocycles. The molecule has 0 aliphatic carbocycles. The zero-order valence-corrected chi connectivity index (χ0v) is 17.3. The van der Waals surface area contributed by atoms with E-state index in [9.17, 15) is 0 Å². The highest BCUT2D eigenvalue weighted by Crippen LogP contribution is 2.35. The second-order valence-electron chi connectivity index (χ2n) is 7.16. The molecule has 3 rings (SSSR count). The summed E-state index contributed by atoms with van der Waals surface area (Å²) in [6, 6.07) is 4.64. The second-order valence-corrected chi connectivity index (χ2v) is 7.16. The Morgan fingerprint density at radius 2 is 1.78 bits per heavy atom. The van der Waals surface area contributed by atoms with Crippen LogP contribution in [0.25, 0.3) is 5.70 Å². The van der Waals surface area contributed by atoms with Crippen molar-refractivity contribution >= 4 is 17.4 Å². The summed E-state index contributed by atoms with van der Waals surface area (Å²) in [5.74, 6) is 2.34. The van der Waals surface area contributed by atoms with E-state index in [0.29, 0.717) is 18.5 Å². The molecular weight excluding hydrogens is 340 g/mol. The van der Waals surface area contributed by atoms with Gasteiger partial charge in [-0.05, 0) is 44.7 Å². The van der Waals surface area contributed by atoms with Crippen LogP contribution >= 0.6 is 0 Å². The summed E-state index contributed by atoms with van der Waals surface area (Å²) in [5.41, 5.74) is 2.96. The summed E-state index contributed by atoms with van der Waals surface area (Å²) in [4.78, 5) is 14.3. The van der Waals surface area contributed by atoms with Gasteiger partial charge in [-0.1, -0.05) is 13.8 Å². The first-order valence-corrected chi connectivity index (χ1v) is 10.0. The molecule has 2 aliphatic heterocycles. The standard InChI is InChI=1S/C21H32N4O2/c1-6-16(7-2)25-14-19(26-4)23-20(15(25)3)17-10-11-18(22-21(17)27-5)24-12-8-9-13-24/h10-11,16H,6-9,12-14H2,1-5H3. The van der Waals surface area contributed by atoms with E-state index in [2.05, 4.69) is 42.7 Å². The van der Waals surface area contributed by atoms with Crippen molar-refractivity contribution in [3.63, 3.8) is 0 Å². The summed E-state index contributed by atoms with van der Waals surface area (Å²) in [6.07, 6.45) is 4.62. The van der Waals surface area contributed by atoms with Crippen LogP contribution < -0.4 is 9.64 Å². The van der Waals surface area contributed by atoms with Crippen LogP contribution in [0.15, 0.2) is 22.8 Å². The number of allylic oxidation sites excluding steroid dienone is 1. The molecule has 1 aromatic rings. The molecule has 0 radical (unpaired) electrons. The average molecular weight is 373 g/mol. The quantitative estimate of drug-likeness (QED) is 0.757. The molecule has 27 heavy (non-hydrogen) atoms. The highest BCUT2D eigenvalue weighted by atomic mass is 16.5. The van der Waals surface area contributed by atoms with Crippen LogP contribution in [0.4, 0.5) is 5.82 Å². The van der Waals surface area contributed by atoms with Crippen LogP contribution in [-0.2, 0) is 4.74 Å². The van der Waals surface area contributed by atoms with Crippen LogP contribution in [0.2, 0.25) is 0 Å². The Hall–Kier alpha value is -2.24. The van der Waals surface area contributed by atoms with Crippen molar-refractivity contribution in [1.29, 1.82) is 0 Å². The summed E-state index contributed by atoms with van der Waals surface area (Å²) in [6.45, 7) is 9.42. The predicted molar refractivity (Wildman–Crippen MR) is 110 cm³/mol. The number of hydrogen-bond donors (Lipinski definition) is 0. The van der Waals surface area contributed by atoms with E-state index in [1.807, 2.05) is 0 Å². The van der Waals surface area contributed by atoms with Crippen molar-refractivity contribution in [1.82, 2.24) is 9.88 Å². The zero-order chi connectivity index (χ0) is 19.4. The normalized spacial score (nSPS) is 17.6. The summed E-state index contributed by atoms with van der Waals surface area (Å²) in [7, 11) is 3.37. The van der Waals surface area contributed by atoms with Crippen LogP contribution in [0.3, 0.4) is 0 Å². The minimum atomic E-state index is 0.462. The molecule has 0 atom stereocenters. The number of ether oxygens (including phenoxy) is 2. The lowest BCUT2D eigenvalue weighted by Gasteiger charge is -2.36. The second kappa shape index (κ2) is 8.63. The summed E-state index contributed by atoms with van der Waals surface area (Å²) < 4.78 is 11.2. The monoisotopic (exact) mass is 372 g/mol. The molecule has 0 amide bonds. The van der Waals surface area contributed by atoms with Gasteiger partial charge >= 0.3 is 0 Å². The number of rotatable bonds is 6. The van der Waals surface area contributed by atoms with Gasteiger partial charge in [-0.3, -0.25) is 0 Å². The molecule has 3 heterocycles. The Morgan fingerprint density at radius 3 is 2.37 bits per heavy atom. The summed E-state index contributed by atoms with van der Waals surface area (Å²) in [5, 5.41) is 0. The van der Waals surface area contributed by atoms with Crippen molar-refractivity contribution in [2.45, 2.75) is 52.5 Å². The fourth-order valence-electron chi connectivity index (χ4n) is 4.03. The van der Waals surface area contributed by atoms with Gasteiger partial charge in [0, 0.05) is 24.8 Å². The van der Waals surface area contributed by atoms with Crippen molar-refractivity contribution in [3.8, 4) is 5.88 Å². The highest BCUT2D eigenvalue weighted by Gasteiger charge is 2.27. The molecule has 0 spiro atoms. The average Bonchev–Trinajstić information content (AvgIpc) is 3.24. The number of aliphatic imine (C=N–C) groups is 1. The number of anilines is 1. The van der Waals surface area contributed by atoms with Crippen LogP contribution in [0.1, 0.15) is 52.0 Å². The maximum absolute atomic E-state index is 5.66. The molecule has 148 valence electrons. The number of hydrogen-bond acceptors (Lipinski definition) is 6. The molecule has 0 N–H and O–H groups in total. The van der Waals surface area contributed by atoms with Gasteiger partial charge in [-0.15, -0.1) is 0 Å². The number of pyridine rings is 1. The maximum Gasteiger partial charge on any atom is 0.224 e. The topological polar surface area (TPSA) is 50.2 Å². The van der Waals surface area contributed by atoms with E-state index in [1.54, 1.807) is 14.2 Å². The number of nitrogens with zero attached hydrogens (tertiary/aromatic N) is 4. The first kappa shape index (κ1) is 19.5. The van der Waals surface area contributed by atoms with Crippen LogP contribution in [0, 0.1) is 0 Å². The number of aromatic nitrogens is 1. The lowest BCUT2D eigenvalue weighted by atomic mass is 10.1. The van der Waals surface area contributed by atoms with Gasteiger partial charge < -0.3 is 19.3 Å². The zero-order valence-electron chi connectivity index (χ0n) is 17.3. The molecule has 2 aliphatic rings. The lowest BCUT2D eigenvalue weighted by Crippen LogP contribution is -2.40. The van der Waals surface area contributed by atoms with Gasteiger partial charge in [0.05, 0.1) is 32.0 Å². The minimum absolute atomic E-state index is 0.462. The van der Waals surface area contributed by atoms with Gasteiger partial charge in [0.1, 0.15) is 5.82 Å². The third kappa shape index (κ3) is 3.89. The Labute approximate surface area is 162 Å². The van der Waals surface area contributed by atoms with Gasteiger partial charge in [0.25, 0.3) is 0 Å².